The van der Waals surface area contributed by atoms with Gasteiger partial charge in [0, 0.05) is 21.7 Å². The minimum Gasteiger partial charge on any atom is -0.210 e. The molecule has 0 saturated heterocycles. The fraction of sp³-hybridized carbons (Fsp3) is 1.00. The van der Waals surface area contributed by atoms with E-state index in [4.69, 9.17) is 0 Å². The summed E-state index contributed by atoms with van der Waals surface area (Å²) in [4.78, 5) is 0. The Morgan fingerprint density at radius 2 is 1.44 bits per heavy atom. The molecule has 0 amide bonds. The molecule has 0 rings (SSSR count). The summed E-state index contributed by atoms with van der Waals surface area (Å²) in [5.74, 6) is 0. The van der Waals surface area contributed by atoms with Crippen LogP contribution in [0.3, 0.4) is 0 Å². The molecular weight excluding hydrogens is 333 g/mol. The van der Waals surface area contributed by atoms with E-state index in [0.717, 1.165) is 0 Å². The van der Waals surface area contributed by atoms with E-state index in [9.17, 15) is 34.8 Å². The molecule has 0 aliphatic carbocycles. The highest BCUT2D eigenvalue weighted by atomic mass is 35.7. The first-order chi connectivity index (χ1) is 6.77. The highest BCUT2D eigenvalue weighted by Crippen LogP contribution is 2.54. The van der Waals surface area contributed by atoms with E-state index in [-0.39, 0.29) is 0 Å². The van der Waals surface area contributed by atoms with Gasteiger partial charge >= 0.3 is 26.6 Å². The van der Waals surface area contributed by atoms with Crippen molar-refractivity contribution in [1.82, 2.24) is 0 Å². The number of hydrogen-bond acceptors (Lipinski definition) is 4. The van der Waals surface area contributed by atoms with Crippen LogP contribution in [-0.4, -0.2) is 25.7 Å². The average Bonchev–Trinajstić information content (AvgIpc) is 1.95. The molecule has 0 spiro atoms. The highest BCUT2D eigenvalue weighted by molar-refractivity contribution is 8.22. The zero-order chi connectivity index (χ0) is 13.4. The van der Waals surface area contributed by atoms with Crippen molar-refractivity contribution in [2.45, 2.75) is 17.3 Å². The molecule has 0 aromatic carbocycles. The predicted octanol–water partition coefficient (Wildman–Crippen LogP) is 3.19. The maximum absolute atomic E-state index is 12.8. The zero-order valence-corrected chi connectivity index (χ0v) is 9.71. The van der Waals surface area contributed by atoms with Gasteiger partial charge in [0.15, 0.2) is 0 Å². The Labute approximate surface area is 98.1 Å². The lowest BCUT2D eigenvalue weighted by Gasteiger charge is -2.30. The molecular formula is C3Cl2F6O3S2. The van der Waals surface area contributed by atoms with Crippen molar-refractivity contribution in [1.29, 1.82) is 0 Å². The van der Waals surface area contributed by atoms with Gasteiger partial charge in [0.25, 0.3) is 0 Å². The van der Waals surface area contributed by atoms with E-state index in [1.54, 1.807) is 0 Å². The molecule has 98 valence electrons. The number of rotatable bonds is 4. The van der Waals surface area contributed by atoms with Crippen LogP contribution >= 0.6 is 32.3 Å². The average molecular weight is 333 g/mol. The predicted molar refractivity (Wildman–Crippen MR) is 44.1 cm³/mol. The van der Waals surface area contributed by atoms with Crippen molar-refractivity contribution in [3.8, 4) is 0 Å². The minimum atomic E-state index is -6.18. The van der Waals surface area contributed by atoms with Crippen LogP contribution < -0.4 is 0 Å². The molecule has 3 nitrogen and oxygen atoms in total. The summed E-state index contributed by atoms with van der Waals surface area (Å²) in [6.07, 6.45) is -12.0. The summed E-state index contributed by atoms with van der Waals surface area (Å²) >= 11 is 0. The largest absolute Gasteiger partial charge is 0.442 e. The van der Waals surface area contributed by atoms with Gasteiger partial charge in [-0.2, -0.15) is 34.6 Å². The van der Waals surface area contributed by atoms with Crippen molar-refractivity contribution in [3.63, 3.8) is 0 Å². The van der Waals surface area contributed by atoms with Gasteiger partial charge in [-0.25, -0.2) is 4.39 Å². The molecule has 0 saturated carbocycles. The van der Waals surface area contributed by atoms with Gasteiger partial charge in [-0.1, -0.05) is 0 Å². The summed E-state index contributed by atoms with van der Waals surface area (Å²) in [5, 5.41) is -5.45. The quantitative estimate of drug-likeness (QED) is 0.585. The van der Waals surface area contributed by atoms with E-state index in [1.165, 1.54) is 0 Å². The van der Waals surface area contributed by atoms with Crippen LogP contribution in [0.15, 0.2) is 0 Å². The third kappa shape index (κ3) is 3.45. The molecule has 13 heteroatoms. The van der Waals surface area contributed by atoms with E-state index >= 15 is 0 Å². The van der Waals surface area contributed by atoms with Crippen molar-refractivity contribution < 1.29 is 38.9 Å². The second-order valence-electron chi connectivity index (χ2n) is 2.16. The molecule has 1 unspecified atom stereocenters. The van der Waals surface area contributed by atoms with E-state index in [1.807, 2.05) is 0 Å². The molecule has 0 aromatic rings. The molecule has 0 radical (unpaired) electrons. The van der Waals surface area contributed by atoms with Crippen LogP contribution in [0, 0.1) is 0 Å². The Bertz CT molecular complexity index is 355. The molecule has 16 heavy (non-hydrogen) atoms. The van der Waals surface area contributed by atoms with Gasteiger partial charge in [-0.3, -0.25) is 0 Å². The highest BCUT2D eigenvalue weighted by Gasteiger charge is 2.75. The first-order valence-corrected chi connectivity index (χ1v) is 6.73. The lowest BCUT2D eigenvalue weighted by Crippen LogP contribution is -2.53. The minimum absolute atomic E-state index is 1.49. The van der Waals surface area contributed by atoms with E-state index in [2.05, 4.69) is 25.5 Å². The second kappa shape index (κ2) is 4.59. The van der Waals surface area contributed by atoms with Crippen molar-refractivity contribution in [2.75, 3.05) is 0 Å². The van der Waals surface area contributed by atoms with Crippen LogP contribution in [0.4, 0.5) is 26.3 Å². The SMILES string of the molecule is O=S(=O)(Cl)OC(F)(F)C(F)(SCl)C(F)(F)F. The molecule has 0 bridgehead atoms. The molecule has 0 aliphatic rings. The van der Waals surface area contributed by atoms with Gasteiger partial charge < -0.3 is 0 Å². The Hall–Kier alpha value is 0.420. The lowest BCUT2D eigenvalue weighted by atomic mass is 10.3. The maximum Gasteiger partial charge on any atom is 0.442 e. The summed E-state index contributed by atoms with van der Waals surface area (Å²) in [6.45, 7) is 0. The Balaban J connectivity index is 5.41. The molecule has 0 heterocycles. The fourth-order valence-electron chi connectivity index (χ4n) is 0.432. The number of alkyl halides is 6. The monoisotopic (exact) mass is 332 g/mol. The van der Waals surface area contributed by atoms with Gasteiger partial charge in [-0.15, -0.1) is 0 Å². The summed E-state index contributed by atoms with van der Waals surface area (Å²) in [7, 11) is 1.43. The molecule has 0 aromatic heterocycles. The first kappa shape index (κ1) is 16.4. The molecule has 0 aliphatic heterocycles. The van der Waals surface area contributed by atoms with Gasteiger partial charge in [0.05, 0.1) is 0 Å². The third-order valence-corrected chi connectivity index (χ3v) is 2.97. The normalized spacial score (nSPS) is 18.2. The number of hydrogen-bond donors (Lipinski definition) is 0. The Morgan fingerprint density at radius 1 is 1.06 bits per heavy atom. The van der Waals surface area contributed by atoms with Gasteiger partial charge in [0.2, 0.25) is 0 Å². The third-order valence-electron chi connectivity index (χ3n) is 1.05. The van der Waals surface area contributed by atoms with Gasteiger partial charge in [0.1, 0.15) is 0 Å². The smallest absolute Gasteiger partial charge is 0.210 e. The standard InChI is InChI=1S/C3Cl2F6O3S2/c4-15-1(6,2(7,8)9)3(10,11)14-16(5,12)13. The summed E-state index contributed by atoms with van der Waals surface area (Å²) < 4.78 is 96.2. The number of halogens is 8. The van der Waals surface area contributed by atoms with Crippen molar-refractivity contribution >= 4 is 41.7 Å². The first-order valence-electron chi connectivity index (χ1n) is 2.85. The second-order valence-corrected chi connectivity index (χ2v) is 5.43. The fourth-order valence-corrected chi connectivity index (χ4v) is 1.84. The van der Waals surface area contributed by atoms with Crippen LogP contribution in [-0.2, 0) is 13.5 Å². The van der Waals surface area contributed by atoms with Crippen molar-refractivity contribution in [3.05, 3.63) is 0 Å². The molecule has 1 atom stereocenters. The van der Waals surface area contributed by atoms with Crippen LogP contribution in [0.25, 0.3) is 0 Å². The molecule has 0 fully saturated rings. The van der Waals surface area contributed by atoms with E-state index in [0.29, 0.717) is 0 Å². The van der Waals surface area contributed by atoms with Crippen LogP contribution in [0.5, 0.6) is 0 Å². The Kier molecular flexibility index (Phi) is 4.71. The van der Waals surface area contributed by atoms with Gasteiger partial charge in [-0.05, 0) is 10.7 Å². The van der Waals surface area contributed by atoms with Crippen molar-refractivity contribution in [2.24, 2.45) is 0 Å². The van der Waals surface area contributed by atoms with Crippen LogP contribution in [0.2, 0.25) is 0 Å². The summed E-state index contributed by atoms with van der Waals surface area (Å²) in [5.41, 5.74) is 0. The zero-order valence-electron chi connectivity index (χ0n) is 6.56. The van der Waals surface area contributed by atoms with Crippen LogP contribution in [0.1, 0.15) is 0 Å². The maximum atomic E-state index is 12.8. The lowest BCUT2D eigenvalue weighted by molar-refractivity contribution is -0.318. The Morgan fingerprint density at radius 3 is 1.62 bits per heavy atom. The summed E-state index contributed by atoms with van der Waals surface area (Å²) in [6, 6.07) is 0. The molecule has 0 N–H and O–H groups in total. The topological polar surface area (TPSA) is 43.4 Å². The van der Waals surface area contributed by atoms with E-state index < -0.39 is 37.6 Å².